The zero-order valence-electron chi connectivity index (χ0n) is 11.9. The van der Waals surface area contributed by atoms with E-state index in [9.17, 15) is 0 Å². The summed E-state index contributed by atoms with van der Waals surface area (Å²) in [5.74, 6) is 1.44. The Bertz CT molecular complexity index is 371. The van der Waals surface area contributed by atoms with Gasteiger partial charge >= 0.3 is 0 Å². The van der Waals surface area contributed by atoms with Gasteiger partial charge in [-0.25, -0.2) is 0 Å². The molecule has 0 aliphatic rings. The number of rotatable bonds is 4. The molecule has 2 N–H and O–H groups in total. The maximum absolute atomic E-state index is 4.22. The molecule has 0 saturated heterocycles. The van der Waals surface area contributed by atoms with Crippen LogP contribution >= 0.6 is 24.0 Å². The highest BCUT2D eigenvalue weighted by atomic mass is 127. The van der Waals surface area contributed by atoms with Crippen molar-refractivity contribution in [2.24, 2.45) is 18.0 Å². The summed E-state index contributed by atoms with van der Waals surface area (Å²) in [6, 6.07) is 4.56. The Morgan fingerprint density at radius 1 is 1.39 bits per heavy atom. The van der Waals surface area contributed by atoms with Crippen LogP contribution in [0.4, 0.5) is 0 Å². The summed E-state index contributed by atoms with van der Waals surface area (Å²) in [6.45, 7) is 7.35. The predicted molar refractivity (Wildman–Crippen MR) is 88.5 cm³/mol. The van der Waals surface area contributed by atoms with Gasteiger partial charge in [-0.3, -0.25) is 4.99 Å². The van der Waals surface area contributed by atoms with Crippen molar-refractivity contribution in [2.45, 2.75) is 33.4 Å². The SMILES string of the molecule is CN=C(NCc1cccn1C)NC(C)C(C)C.I. The maximum Gasteiger partial charge on any atom is 0.191 e. The van der Waals surface area contributed by atoms with Crippen LogP contribution in [0.5, 0.6) is 0 Å². The van der Waals surface area contributed by atoms with Crippen molar-refractivity contribution in [2.75, 3.05) is 7.05 Å². The molecule has 1 aromatic rings. The van der Waals surface area contributed by atoms with Gasteiger partial charge in [-0.05, 0) is 25.0 Å². The third kappa shape index (κ3) is 5.29. The summed E-state index contributed by atoms with van der Waals surface area (Å²) in [5, 5.41) is 6.69. The van der Waals surface area contributed by atoms with Gasteiger partial charge in [0, 0.05) is 32.0 Å². The molecule has 0 aliphatic heterocycles. The third-order valence-corrected chi connectivity index (χ3v) is 3.08. The number of halogens is 1. The van der Waals surface area contributed by atoms with Crippen LogP contribution in [0.2, 0.25) is 0 Å². The fourth-order valence-electron chi connectivity index (χ4n) is 1.43. The number of nitrogens with one attached hydrogen (secondary N) is 2. The van der Waals surface area contributed by atoms with Crippen molar-refractivity contribution in [1.29, 1.82) is 0 Å². The Morgan fingerprint density at radius 3 is 2.50 bits per heavy atom. The zero-order chi connectivity index (χ0) is 12.8. The lowest BCUT2D eigenvalue weighted by atomic mass is 10.1. The van der Waals surface area contributed by atoms with Crippen LogP contribution in [-0.4, -0.2) is 23.6 Å². The van der Waals surface area contributed by atoms with Crippen LogP contribution in [0, 0.1) is 5.92 Å². The van der Waals surface area contributed by atoms with Crippen LogP contribution in [0.15, 0.2) is 23.3 Å². The Hall–Kier alpha value is -0.720. The largest absolute Gasteiger partial charge is 0.354 e. The summed E-state index contributed by atoms with van der Waals surface area (Å²) in [5.41, 5.74) is 1.24. The quantitative estimate of drug-likeness (QED) is 0.489. The van der Waals surface area contributed by atoms with E-state index < -0.39 is 0 Å². The maximum atomic E-state index is 4.22. The van der Waals surface area contributed by atoms with Crippen molar-refractivity contribution >= 4 is 29.9 Å². The highest BCUT2D eigenvalue weighted by Gasteiger charge is 2.08. The highest BCUT2D eigenvalue weighted by Crippen LogP contribution is 2.00. The first-order chi connectivity index (χ1) is 8.04. The molecular weight excluding hydrogens is 339 g/mol. The van der Waals surface area contributed by atoms with Crippen LogP contribution in [-0.2, 0) is 13.6 Å². The second-order valence-corrected chi connectivity index (χ2v) is 4.71. The lowest BCUT2D eigenvalue weighted by Crippen LogP contribution is -2.44. The van der Waals surface area contributed by atoms with Gasteiger partial charge in [0.15, 0.2) is 5.96 Å². The normalized spacial score (nSPS) is 13.1. The molecular formula is C13H25IN4. The average molecular weight is 364 g/mol. The van der Waals surface area contributed by atoms with E-state index in [1.807, 2.05) is 19.3 Å². The van der Waals surface area contributed by atoms with Gasteiger partial charge in [0.2, 0.25) is 0 Å². The predicted octanol–water partition coefficient (Wildman–Crippen LogP) is 2.35. The molecule has 0 amide bonds. The first-order valence-corrected chi connectivity index (χ1v) is 6.12. The minimum atomic E-state index is 0. The summed E-state index contributed by atoms with van der Waals surface area (Å²) >= 11 is 0. The number of aromatic nitrogens is 1. The third-order valence-electron chi connectivity index (χ3n) is 3.08. The molecule has 1 heterocycles. The molecule has 4 nitrogen and oxygen atoms in total. The fourth-order valence-corrected chi connectivity index (χ4v) is 1.43. The van der Waals surface area contributed by atoms with Crippen LogP contribution in [0.1, 0.15) is 26.5 Å². The smallest absolute Gasteiger partial charge is 0.191 e. The van der Waals surface area contributed by atoms with E-state index in [0.29, 0.717) is 12.0 Å². The summed E-state index contributed by atoms with van der Waals surface area (Å²) in [4.78, 5) is 4.22. The van der Waals surface area contributed by atoms with Crippen molar-refractivity contribution in [3.05, 3.63) is 24.0 Å². The van der Waals surface area contributed by atoms with Gasteiger partial charge in [-0.1, -0.05) is 13.8 Å². The van der Waals surface area contributed by atoms with Crippen molar-refractivity contribution in [3.8, 4) is 0 Å². The van der Waals surface area contributed by atoms with Crippen molar-refractivity contribution in [3.63, 3.8) is 0 Å². The Kier molecular flexibility index (Phi) is 8.06. The molecule has 1 aromatic heterocycles. The fraction of sp³-hybridized carbons (Fsp3) is 0.615. The first kappa shape index (κ1) is 17.3. The molecule has 1 atom stereocenters. The van der Waals surface area contributed by atoms with Gasteiger partial charge in [0.05, 0.1) is 6.54 Å². The van der Waals surface area contributed by atoms with E-state index in [0.717, 1.165) is 12.5 Å². The molecule has 0 bridgehead atoms. The second-order valence-electron chi connectivity index (χ2n) is 4.71. The van der Waals surface area contributed by atoms with E-state index in [-0.39, 0.29) is 24.0 Å². The molecule has 0 aliphatic carbocycles. The minimum Gasteiger partial charge on any atom is -0.354 e. The topological polar surface area (TPSA) is 41.4 Å². The minimum absolute atomic E-state index is 0. The Balaban J connectivity index is 0.00000289. The molecule has 0 aromatic carbocycles. The van der Waals surface area contributed by atoms with Crippen molar-refractivity contribution < 1.29 is 0 Å². The number of aliphatic imine (C=N–C) groups is 1. The monoisotopic (exact) mass is 364 g/mol. The Labute approximate surface area is 127 Å². The van der Waals surface area contributed by atoms with Crippen LogP contribution < -0.4 is 10.6 Å². The van der Waals surface area contributed by atoms with Gasteiger partial charge in [-0.2, -0.15) is 0 Å². The summed E-state index contributed by atoms with van der Waals surface area (Å²) in [7, 11) is 3.84. The average Bonchev–Trinajstić information content (AvgIpc) is 2.69. The number of hydrogen-bond donors (Lipinski definition) is 2. The molecule has 104 valence electrons. The lowest BCUT2D eigenvalue weighted by Gasteiger charge is -2.20. The highest BCUT2D eigenvalue weighted by molar-refractivity contribution is 14.0. The summed E-state index contributed by atoms with van der Waals surface area (Å²) < 4.78 is 2.10. The standard InChI is InChI=1S/C13H24N4.HI/c1-10(2)11(3)16-13(14-4)15-9-12-7-6-8-17(12)5;/h6-8,10-11H,9H2,1-5H3,(H2,14,15,16);1H. The number of nitrogens with zero attached hydrogens (tertiary/aromatic N) is 2. The molecule has 0 fully saturated rings. The molecule has 18 heavy (non-hydrogen) atoms. The van der Waals surface area contributed by atoms with E-state index in [4.69, 9.17) is 0 Å². The molecule has 1 rings (SSSR count). The van der Waals surface area contributed by atoms with Crippen LogP contribution in [0.3, 0.4) is 0 Å². The molecule has 0 radical (unpaired) electrons. The second kappa shape index (κ2) is 8.39. The first-order valence-electron chi connectivity index (χ1n) is 6.12. The zero-order valence-corrected chi connectivity index (χ0v) is 14.2. The summed E-state index contributed by atoms with van der Waals surface area (Å²) in [6.07, 6.45) is 2.05. The van der Waals surface area contributed by atoms with Gasteiger partial charge in [-0.15, -0.1) is 24.0 Å². The van der Waals surface area contributed by atoms with Gasteiger partial charge in [0.1, 0.15) is 0 Å². The van der Waals surface area contributed by atoms with Crippen molar-refractivity contribution in [1.82, 2.24) is 15.2 Å². The molecule has 0 saturated carbocycles. The van der Waals surface area contributed by atoms with E-state index >= 15 is 0 Å². The van der Waals surface area contributed by atoms with E-state index in [1.165, 1.54) is 5.69 Å². The molecule has 1 unspecified atom stereocenters. The van der Waals surface area contributed by atoms with E-state index in [1.54, 1.807) is 7.05 Å². The number of guanidine groups is 1. The number of aryl methyl sites for hydroxylation is 1. The lowest BCUT2D eigenvalue weighted by molar-refractivity contribution is 0.480. The Morgan fingerprint density at radius 2 is 2.06 bits per heavy atom. The van der Waals surface area contributed by atoms with Gasteiger partial charge < -0.3 is 15.2 Å². The van der Waals surface area contributed by atoms with Crippen LogP contribution in [0.25, 0.3) is 0 Å². The molecule has 0 spiro atoms. The van der Waals surface area contributed by atoms with Gasteiger partial charge in [0.25, 0.3) is 0 Å². The van der Waals surface area contributed by atoms with E-state index in [2.05, 4.69) is 47.0 Å². The molecule has 5 heteroatoms. The number of hydrogen-bond acceptors (Lipinski definition) is 1.